The lowest BCUT2D eigenvalue weighted by molar-refractivity contribution is 0.398. The number of aromatic nitrogens is 6. The summed E-state index contributed by atoms with van der Waals surface area (Å²) in [6.45, 7) is 0. The fourth-order valence-electron chi connectivity index (χ4n) is 6.49. The predicted octanol–water partition coefficient (Wildman–Crippen LogP) is 4.71. The highest BCUT2D eigenvalue weighted by molar-refractivity contribution is 5.67. The summed E-state index contributed by atoms with van der Waals surface area (Å²) < 4.78 is 1.56. The van der Waals surface area contributed by atoms with Gasteiger partial charge in [0, 0.05) is 35.2 Å². The second-order valence-electron chi connectivity index (χ2n) is 11.2. The van der Waals surface area contributed by atoms with Gasteiger partial charge < -0.3 is 16.4 Å². The third kappa shape index (κ3) is 4.98. The van der Waals surface area contributed by atoms with Gasteiger partial charge in [0.2, 0.25) is 11.9 Å². The van der Waals surface area contributed by atoms with Crippen molar-refractivity contribution in [3.8, 4) is 17.1 Å². The Morgan fingerprint density at radius 2 is 1.67 bits per heavy atom. The number of nitrogens with one attached hydrogen (secondary N) is 2. The average Bonchev–Trinajstić information content (AvgIpc) is 3.49. The van der Waals surface area contributed by atoms with Crippen LogP contribution in [0.25, 0.3) is 17.1 Å². The molecule has 4 N–H and O–H groups in total. The number of nitrogen functional groups attached to an aromatic ring is 1. The molecule has 0 spiro atoms. The Labute approximate surface area is 228 Å². The van der Waals surface area contributed by atoms with Crippen LogP contribution in [0.5, 0.6) is 0 Å². The minimum atomic E-state index is 0.276. The van der Waals surface area contributed by atoms with Gasteiger partial charge in [-0.25, -0.2) is 0 Å². The number of benzene rings is 1. The minimum absolute atomic E-state index is 0.276. The summed E-state index contributed by atoms with van der Waals surface area (Å²) in [7, 11) is 0. The Hall–Kier alpha value is -3.85. The molecule has 0 bridgehead atoms. The van der Waals surface area contributed by atoms with E-state index in [9.17, 15) is 0 Å². The maximum absolute atomic E-state index is 6.29. The van der Waals surface area contributed by atoms with E-state index in [1.165, 1.54) is 49.7 Å². The lowest BCUT2D eigenvalue weighted by Crippen LogP contribution is -2.36. The summed E-state index contributed by atoms with van der Waals surface area (Å²) in [5.74, 6) is 1.30. The van der Waals surface area contributed by atoms with E-state index in [4.69, 9.17) is 5.73 Å². The van der Waals surface area contributed by atoms with Gasteiger partial charge in [0.05, 0.1) is 5.69 Å². The molecular weight excluding hydrogens is 486 g/mol. The zero-order valence-corrected chi connectivity index (χ0v) is 22.2. The van der Waals surface area contributed by atoms with Gasteiger partial charge in [-0.2, -0.15) is 9.67 Å². The molecule has 3 aromatic heterocycles. The Kier molecular flexibility index (Phi) is 6.44. The molecule has 1 aromatic carbocycles. The fraction of sp³-hybridized carbons (Fsp3) is 0.433. The number of fused-ring (bicyclic) bond motifs is 4. The molecule has 0 amide bonds. The number of pyridine rings is 1. The molecule has 3 heterocycles. The molecule has 0 aliphatic heterocycles. The van der Waals surface area contributed by atoms with Crippen molar-refractivity contribution in [2.24, 2.45) is 0 Å². The molecule has 1 fully saturated rings. The van der Waals surface area contributed by atoms with Gasteiger partial charge in [0.25, 0.3) is 0 Å². The van der Waals surface area contributed by atoms with Crippen molar-refractivity contribution in [3.05, 3.63) is 65.0 Å². The van der Waals surface area contributed by atoms with E-state index < -0.39 is 0 Å². The number of hydrogen-bond acceptors (Lipinski definition) is 8. The zero-order valence-electron chi connectivity index (χ0n) is 22.2. The van der Waals surface area contributed by atoms with Crippen LogP contribution in [0.1, 0.15) is 67.3 Å². The maximum atomic E-state index is 6.29. The first kappa shape index (κ1) is 24.2. The molecule has 0 radical (unpaired) electrons. The first-order valence-electron chi connectivity index (χ1n) is 14.4. The highest BCUT2D eigenvalue weighted by atomic mass is 15.4. The van der Waals surface area contributed by atoms with Gasteiger partial charge in [-0.3, -0.25) is 4.98 Å². The van der Waals surface area contributed by atoms with E-state index in [1.807, 2.05) is 18.3 Å². The maximum Gasteiger partial charge on any atom is 0.248 e. The molecule has 1 saturated carbocycles. The standard InChI is InChI=1S/C30H35N9/c31-29-35-30(34-24-15-11-19-10-13-23(14-12-20(19)17-24)33-22-6-1-2-7-22)38-39(29)27-18-21-5-3-9-26-25(8-4-16-32-26)28(21)37-36-27/h4,8,11,15-18,22-23,33H,1-3,5-7,9-10,12-14H2,(H3,31,34,35,38)/t23-/m0/s1. The molecular formula is C30H35N9. The average molecular weight is 522 g/mol. The van der Waals surface area contributed by atoms with Crippen molar-refractivity contribution >= 4 is 17.6 Å². The quantitative estimate of drug-likeness (QED) is 0.323. The molecule has 3 aliphatic carbocycles. The first-order valence-corrected chi connectivity index (χ1v) is 14.4. The second-order valence-corrected chi connectivity index (χ2v) is 11.2. The van der Waals surface area contributed by atoms with Gasteiger partial charge in [-0.05, 0) is 105 Å². The Morgan fingerprint density at radius 3 is 2.56 bits per heavy atom. The van der Waals surface area contributed by atoms with Crippen molar-refractivity contribution in [1.82, 2.24) is 35.3 Å². The molecule has 1 atom stereocenters. The highest BCUT2D eigenvalue weighted by Gasteiger charge is 2.23. The van der Waals surface area contributed by atoms with Gasteiger partial charge in [-0.15, -0.1) is 15.3 Å². The highest BCUT2D eigenvalue weighted by Crippen LogP contribution is 2.31. The Balaban J connectivity index is 1.08. The Bertz CT molecular complexity index is 1490. The third-order valence-electron chi connectivity index (χ3n) is 8.53. The van der Waals surface area contributed by atoms with Crippen LogP contribution >= 0.6 is 0 Å². The molecule has 39 heavy (non-hydrogen) atoms. The fourth-order valence-corrected chi connectivity index (χ4v) is 6.49. The number of rotatable bonds is 5. The van der Waals surface area contributed by atoms with Crippen LogP contribution in [0.4, 0.5) is 17.6 Å². The van der Waals surface area contributed by atoms with Crippen LogP contribution in [0.15, 0.2) is 42.6 Å². The molecule has 4 aromatic rings. The summed E-state index contributed by atoms with van der Waals surface area (Å²) in [5, 5.41) is 21.0. The van der Waals surface area contributed by atoms with Crippen molar-refractivity contribution in [3.63, 3.8) is 0 Å². The van der Waals surface area contributed by atoms with Gasteiger partial charge >= 0.3 is 0 Å². The second kappa shape index (κ2) is 10.4. The van der Waals surface area contributed by atoms with E-state index in [1.54, 1.807) is 4.68 Å². The van der Waals surface area contributed by atoms with Crippen LogP contribution in [0, 0.1) is 0 Å². The molecule has 0 unspecified atom stereocenters. The predicted molar refractivity (Wildman–Crippen MR) is 152 cm³/mol. The lowest BCUT2D eigenvalue weighted by atomic mass is 10.0. The summed E-state index contributed by atoms with van der Waals surface area (Å²) in [5.41, 5.74) is 14.3. The Morgan fingerprint density at radius 1 is 0.821 bits per heavy atom. The normalized spacial score (nSPS) is 19.0. The van der Waals surface area contributed by atoms with Crippen molar-refractivity contribution in [2.45, 2.75) is 82.7 Å². The number of nitrogens with zero attached hydrogens (tertiary/aromatic N) is 6. The summed E-state index contributed by atoms with van der Waals surface area (Å²) >= 11 is 0. The van der Waals surface area contributed by atoms with Crippen LogP contribution in [0.2, 0.25) is 0 Å². The molecule has 200 valence electrons. The largest absolute Gasteiger partial charge is 0.368 e. The van der Waals surface area contributed by atoms with Gasteiger partial charge in [0.15, 0.2) is 5.82 Å². The molecule has 0 saturated heterocycles. The van der Waals surface area contributed by atoms with E-state index in [0.717, 1.165) is 66.3 Å². The minimum Gasteiger partial charge on any atom is -0.368 e. The van der Waals surface area contributed by atoms with E-state index in [-0.39, 0.29) is 5.95 Å². The summed E-state index contributed by atoms with van der Waals surface area (Å²) in [6, 6.07) is 14.0. The smallest absolute Gasteiger partial charge is 0.248 e. The molecule has 3 aliphatic rings. The van der Waals surface area contributed by atoms with Crippen LogP contribution in [0.3, 0.4) is 0 Å². The summed E-state index contributed by atoms with van der Waals surface area (Å²) in [4.78, 5) is 9.03. The zero-order chi connectivity index (χ0) is 26.2. The SMILES string of the molecule is Nc1nc(Nc2ccc3c(c2)CC[C@@H](NC2CCCC2)CC3)nn1-c1cc2c(nn1)-c1cccnc1CCC2. The first-order chi connectivity index (χ1) is 19.2. The topological polar surface area (TPSA) is 119 Å². The van der Waals surface area contributed by atoms with Gasteiger partial charge in [0.1, 0.15) is 0 Å². The van der Waals surface area contributed by atoms with Crippen LogP contribution < -0.4 is 16.4 Å². The molecule has 7 rings (SSSR count). The van der Waals surface area contributed by atoms with Crippen molar-refractivity contribution in [1.29, 1.82) is 0 Å². The van der Waals surface area contributed by atoms with Crippen LogP contribution in [-0.2, 0) is 25.7 Å². The number of nitrogens with two attached hydrogens (primary N) is 1. The van der Waals surface area contributed by atoms with E-state index in [2.05, 4.69) is 60.2 Å². The van der Waals surface area contributed by atoms with Crippen molar-refractivity contribution in [2.75, 3.05) is 11.1 Å². The molecule has 9 heteroatoms. The van der Waals surface area contributed by atoms with Crippen molar-refractivity contribution < 1.29 is 0 Å². The number of hydrogen-bond donors (Lipinski definition) is 3. The van der Waals surface area contributed by atoms with E-state index in [0.29, 0.717) is 17.8 Å². The number of aryl methyl sites for hydroxylation is 4. The third-order valence-corrected chi connectivity index (χ3v) is 8.53. The monoisotopic (exact) mass is 521 g/mol. The van der Waals surface area contributed by atoms with Gasteiger partial charge in [-0.1, -0.05) is 18.9 Å². The van der Waals surface area contributed by atoms with Crippen LogP contribution in [-0.4, -0.2) is 42.0 Å². The lowest BCUT2D eigenvalue weighted by Gasteiger charge is -2.21. The summed E-state index contributed by atoms with van der Waals surface area (Å²) in [6.07, 6.45) is 14.7. The number of anilines is 3. The van der Waals surface area contributed by atoms with E-state index >= 15 is 0 Å². The molecule has 9 nitrogen and oxygen atoms in total.